The number of aryl methyl sites for hydroxylation is 1. The van der Waals surface area contributed by atoms with Crippen molar-refractivity contribution in [3.05, 3.63) is 76.0 Å². The molecule has 200 valence electrons. The lowest BCUT2D eigenvalue weighted by Gasteiger charge is -2.41. The van der Waals surface area contributed by atoms with Crippen molar-refractivity contribution < 1.29 is 32.2 Å². The average molecular weight is 570 g/mol. The van der Waals surface area contributed by atoms with Gasteiger partial charge in [0, 0.05) is 23.8 Å². The van der Waals surface area contributed by atoms with Gasteiger partial charge in [-0.3, -0.25) is 9.59 Å². The number of benzene rings is 1. The largest absolute Gasteiger partial charge is 0.455 e. The molecule has 0 atom stereocenters. The number of ether oxygens (including phenoxy) is 2. The number of nitrogens with one attached hydrogen (secondary N) is 2. The number of carbonyl (C=O) groups is 2. The molecule has 1 aliphatic rings. The third-order valence-corrected chi connectivity index (χ3v) is 6.05. The monoisotopic (exact) mass is 569 g/mol. The maximum absolute atomic E-state index is 13.7. The number of aromatic nitrogens is 3. The van der Waals surface area contributed by atoms with Crippen molar-refractivity contribution in [3.63, 3.8) is 0 Å². The van der Waals surface area contributed by atoms with Crippen LogP contribution in [0.4, 0.5) is 18.9 Å². The van der Waals surface area contributed by atoms with Crippen LogP contribution in [0.3, 0.4) is 0 Å². The molecule has 0 unspecified atom stereocenters. The van der Waals surface area contributed by atoms with Crippen LogP contribution in [0.25, 0.3) is 5.82 Å². The predicted molar refractivity (Wildman–Crippen MR) is 133 cm³/mol. The van der Waals surface area contributed by atoms with Gasteiger partial charge < -0.3 is 20.1 Å². The molecule has 9 nitrogen and oxygen atoms in total. The number of hydrogen-bond donors (Lipinski definition) is 2. The zero-order chi connectivity index (χ0) is 27.7. The van der Waals surface area contributed by atoms with Gasteiger partial charge in [0.1, 0.15) is 5.69 Å². The summed E-state index contributed by atoms with van der Waals surface area (Å²) in [5.74, 6) is -1.90. The molecule has 1 fully saturated rings. The van der Waals surface area contributed by atoms with Gasteiger partial charge in [-0.15, -0.1) is 11.7 Å². The minimum absolute atomic E-state index is 0.0307. The molecule has 1 saturated heterocycles. The summed E-state index contributed by atoms with van der Waals surface area (Å²) < 4.78 is 51.9. The highest BCUT2D eigenvalue weighted by Gasteiger charge is 2.63. The molecule has 1 aromatic carbocycles. The average Bonchev–Trinajstić information content (AvgIpc) is 3.24. The highest BCUT2D eigenvalue weighted by Crippen LogP contribution is 2.40. The molecule has 14 heteroatoms. The second-order valence-corrected chi connectivity index (χ2v) is 9.12. The van der Waals surface area contributed by atoms with E-state index in [2.05, 4.69) is 27.3 Å². The molecule has 1 aliphatic heterocycles. The molecule has 0 bridgehead atoms. The number of nitrogens with zero attached hydrogens (tertiary/aromatic N) is 3. The van der Waals surface area contributed by atoms with Gasteiger partial charge >= 0.3 is 6.18 Å². The Kier molecular flexibility index (Phi) is 7.68. The summed E-state index contributed by atoms with van der Waals surface area (Å²) in [7, 11) is 0. The topological polar surface area (TPSA) is 107 Å². The first-order valence-electron chi connectivity index (χ1n) is 11.0. The van der Waals surface area contributed by atoms with Crippen molar-refractivity contribution in [2.75, 3.05) is 25.1 Å². The van der Waals surface area contributed by atoms with Crippen LogP contribution in [0, 0.1) is 6.92 Å². The molecule has 4 rings (SSSR count). The summed E-state index contributed by atoms with van der Waals surface area (Å²) in [6.45, 7) is 3.86. The molecule has 0 aliphatic carbocycles. The molecule has 2 N–H and O–H groups in total. The van der Waals surface area contributed by atoms with Gasteiger partial charge in [0.15, 0.2) is 5.82 Å². The normalized spacial score (nSPS) is 14.4. The van der Waals surface area contributed by atoms with Gasteiger partial charge in [-0.25, -0.2) is 9.67 Å². The first-order valence-corrected chi connectivity index (χ1v) is 11.8. The third kappa shape index (κ3) is 5.33. The Balaban J connectivity index is 1.75. The Morgan fingerprint density at radius 1 is 1.26 bits per heavy atom. The zero-order valence-electron chi connectivity index (χ0n) is 19.7. The minimum atomic E-state index is -4.76. The summed E-state index contributed by atoms with van der Waals surface area (Å²) in [5.41, 5.74) is -2.23. The van der Waals surface area contributed by atoms with Crippen LogP contribution in [-0.2, 0) is 4.74 Å². The number of rotatable bonds is 8. The van der Waals surface area contributed by atoms with E-state index in [1.54, 1.807) is 6.92 Å². The van der Waals surface area contributed by atoms with Crippen LogP contribution in [0.2, 0.25) is 10.0 Å². The Morgan fingerprint density at radius 3 is 2.61 bits per heavy atom. The molecule has 3 aromatic rings. The highest BCUT2D eigenvalue weighted by molar-refractivity contribution is 6.32. The summed E-state index contributed by atoms with van der Waals surface area (Å²) in [6, 6.07) is 6.92. The molecule has 3 heterocycles. The van der Waals surface area contributed by atoms with Gasteiger partial charge in [0.25, 0.3) is 17.4 Å². The Morgan fingerprint density at radius 2 is 2.00 bits per heavy atom. The number of halogens is 5. The predicted octanol–water partition coefficient (Wildman–Crippen LogP) is 4.76. The fourth-order valence-electron chi connectivity index (χ4n) is 3.56. The van der Waals surface area contributed by atoms with E-state index < -0.39 is 42.7 Å². The number of anilines is 1. The van der Waals surface area contributed by atoms with Gasteiger partial charge in [0.2, 0.25) is 5.88 Å². The van der Waals surface area contributed by atoms with Crippen LogP contribution in [0.1, 0.15) is 26.4 Å². The van der Waals surface area contributed by atoms with E-state index in [9.17, 15) is 22.8 Å². The van der Waals surface area contributed by atoms with E-state index in [1.165, 1.54) is 36.5 Å². The molecular weight excluding hydrogens is 550 g/mol. The van der Waals surface area contributed by atoms with E-state index in [1.807, 2.05) is 0 Å². The van der Waals surface area contributed by atoms with Gasteiger partial charge in [-0.1, -0.05) is 29.3 Å². The number of carbonyl (C=O) groups excluding carboxylic acids is 2. The van der Waals surface area contributed by atoms with Crippen LogP contribution in [0.5, 0.6) is 5.88 Å². The van der Waals surface area contributed by atoms with Gasteiger partial charge in [0.05, 0.1) is 29.5 Å². The first kappa shape index (κ1) is 27.4. The SMILES string of the molecule is C=CCNC(=O)c1cc(Cl)cc(C)c1NC(=O)c1cc(OC2(C(F)(F)F)COC2)nn1-c1ncccc1Cl. The number of pyridine rings is 1. The summed E-state index contributed by atoms with van der Waals surface area (Å²) in [4.78, 5) is 30.3. The Labute approximate surface area is 224 Å². The van der Waals surface area contributed by atoms with Crippen molar-refractivity contribution in [2.45, 2.75) is 18.7 Å². The third-order valence-electron chi connectivity index (χ3n) is 5.54. The Hall–Kier alpha value is -3.61. The van der Waals surface area contributed by atoms with Crippen molar-refractivity contribution in [1.82, 2.24) is 20.1 Å². The lowest BCUT2D eigenvalue weighted by atomic mass is 10.0. The van der Waals surface area contributed by atoms with Crippen molar-refractivity contribution >= 4 is 40.7 Å². The highest BCUT2D eigenvalue weighted by atomic mass is 35.5. The van der Waals surface area contributed by atoms with E-state index >= 15 is 0 Å². The standard InChI is InChI=1S/C24H20Cl2F3N5O4/c1-3-6-31-21(35)15-9-14(25)8-13(2)19(15)32-22(36)17-10-18(38-23(11-37-12-23)24(27,28)29)33-34(17)20-16(26)5-4-7-30-20/h3-5,7-10H,1,6,11-12H2,2H3,(H,31,35)(H,32,36). The minimum Gasteiger partial charge on any atom is -0.455 e. The molecule has 2 amide bonds. The van der Waals surface area contributed by atoms with Crippen molar-refractivity contribution in [1.29, 1.82) is 0 Å². The van der Waals surface area contributed by atoms with E-state index in [0.717, 1.165) is 10.7 Å². The summed E-state index contributed by atoms with van der Waals surface area (Å²) >= 11 is 12.4. The second kappa shape index (κ2) is 10.6. The Bertz CT molecular complexity index is 1410. The van der Waals surface area contributed by atoms with Crippen LogP contribution in [-0.4, -0.2) is 58.1 Å². The lowest BCUT2D eigenvalue weighted by Crippen LogP contribution is -2.64. The summed E-state index contributed by atoms with van der Waals surface area (Å²) in [6.07, 6.45) is -1.91. The van der Waals surface area contributed by atoms with Gasteiger partial charge in [-0.2, -0.15) is 13.2 Å². The van der Waals surface area contributed by atoms with E-state index in [0.29, 0.717) is 5.56 Å². The second-order valence-electron chi connectivity index (χ2n) is 8.27. The fraction of sp³-hybridized carbons (Fsp3) is 0.250. The van der Waals surface area contributed by atoms with E-state index in [-0.39, 0.29) is 39.4 Å². The molecular formula is C24H20Cl2F3N5O4. The van der Waals surface area contributed by atoms with E-state index in [4.69, 9.17) is 32.7 Å². The van der Waals surface area contributed by atoms with Crippen molar-refractivity contribution in [2.24, 2.45) is 0 Å². The number of amides is 2. The van der Waals surface area contributed by atoms with Gasteiger partial charge in [-0.05, 0) is 36.8 Å². The maximum Gasteiger partial charge on any atom is 0.432 e. The zero-order valence-corrected chi connectivity index (χ0v) is 21.2. The van der Waals surface area contributed by atoms with Crippen LogP contribution < -0.4 is 15.4 Å². The van der Waals surface area contributed by atoms with Crippen molar-refractivity contribution in [3.8, 4) is 11.7 Å². The van der Waals surface area contributed by atoms with Crippen LogP contribution >= 0.6 is 23.2 Å². The van der Waals surface area contributed by atoms with Crippen LogP contribution in [0.15, 0.2) is 49.2 Å². The number of hydrogen-bond acceptors (Lipinski definition) is 6. The smallest absolute Gasteiger partial charge is 0.432 e. The molecule has 0 spiro atoms. The molecule has 38 heavy (non-hydrogen) atoms. The maximum atomic E-state index is 13.7. The molecule has 0 saturated carbocycles. The summed E-state index contributed by atoms with van der Waals surface area (Å²) in [5, 5.41) is 9.60. The molecule has 0 radical (unpaired) electrons. The quantitative estimate of drug-likeness (QED) is 0.379. The molecule has 2 aromatic heterocycles. The fourth-order valence-corrected chi connectivity index (χ4v) is 4.03. The first-order chi connectivity index (χ1) is 18.0. The lowest BCUT2D eigenvalue weighted by molar-refractivity contribution is -0.323. The number of alkyl halides is 3.